The second kappa shape index (κ2) is 4.18. The van der Waals surface area contributed by atoms with Gasteiger partial charge in [0, 0.05) is 6.20 Å². The summed E-state index contributed by atoms with van der Waals surface area (Å²) in [5, 5.41) is 12.3. The van der Waals surface area contributed by atoms with Crippen LogP contribution in [-0.2, 0) is 12.7 Å². The Labute approximate surface area is 83.1 Å². The first-order chi connectivity index (χ1) is 6.43. The van der Waals surface area contributed by atoms with Crippen molar-refractivity contribution in [2.24, 2.45) is 0 Å². The number of hydrogen-bond donors (Lipinski definition) is 1. The minimum atomic E-state index is -4.45. The molecule has 0 radical (unpaired) electrons. The lowest BCUT2D eigenvalue weighted by molar-refractivity contribution is -0.141. The van der Waals surface area contributed by atoms with Crippen molar-refractivity contribution in [2.45, 2.75) is 18.8 Å². The molecule has 1 atom stereocenters. The van der Waals surface area contributed by atoms with Crippen LogP contribution in [-0.4, -0.2) is 26.9 Å². The second-order valence-corrected chi connectivity index (χ2v) is 3.04. The molecule has 0 aliphatic rings. The van der Waals surface area contributed by atoms with Gasteiger partial charge in [0.1, 0.15) is 0 Å². The molecule has 1 heterocycles. The molecule has 1 N–H and O–H groups in total. The van der Waals surface area contributed by atoms with Crippen LogP contribution in [0.25, 0.3) is 0 Å². The lowest BCUT2D eigenvalue weighted by atomic mass is 10.4. The largest absolute Gasteiger partial charge is 0.435 e. The molecule has 0 spiro atoms. The molecule has 0 aliphatic heterocycles. The van der Waals surface area contributed by atoms with Gasteiger partial charge in [0.25, 0.3) is 0 Å². The van der Waals surface area contributed by atoms with Crippen LogP contribution in [0.15, 0.2) is 12.3 Å². The Morgan fingerprint density at radius 3 is 2.64 bits per heavy atom. The fourth-order valence-electron chi connectivity index (χ4n) is 0.879. The summed E-state index contributed by atoms with van der Waals surface area (Å²) in [5.41, 5.74) is -0.973. The van der Waals surface area contributed by atoms with E-state index in [0.29, 0.717) is 0 Å². The molecular weight excluding hydrogens is 221 g/mol. The molecule has 14 heavy (non-hydrogen) atoms. The zero-order chi connectivity index (χ0) is 10.8. The Balaban J connectivity index is 2.69. The lowest BCUT2D eigenvalue weighted by Gasteiger charge is -2.06. The molecule has 0 aromatic carbocycles. The Bertz CT molecular complexity index is 299. The molecule has 0 fully saturated rings. The molecule has 80 valence electrons. The highest BCUT2D eigenvalue weighted by Crippen LogP contribution is 2.27. The van der Waals surface area contributed by atoms with Crippen molar-refractivity contribution in [3.63, 3.8) is 0 Å². The van der Waals surface area contributed by atoms with Gasteiger partial charge >= 0.3 is 6.18 Å². The third-order valence-electron chi connectivity index (χ3n) is 1.51. The van der Waals surface area contributed by atoms with Crippen molar-refractivity contribution in [1.29, 1.82) is 0 Å². The van der Waals surface area contributed by atoms with E-state index in [1.54, 1.807) is 0 Å². The van der Waals surface area contributed by atoms with Crippen LogP contribution in [0.1, 0.15) is 5.69 Å². The zero-order valence-corrected chi connectivity index (χ0v) is 7.76. The normalized spacial score (nSPS) is 14.4. The van der Waals surface area contributed by atoms with Crippen LogP contribution in [0.5, 0.6) is 0 Å². The van der Waals surface area contributed by atoms with Crippen LogP contribution < -0.4 is 0 Å². The van der Waals surface area contributed by atoms with Gasteiger partial charge in [-0.15, -0.1) is 11.6 Å². The van der Waals surface area contributed by atoms with Gasteiger partial charge in [0.2, 0.25) is 0 Å². The van der Waals surface area contributed by atoms with Crippen LogP contribution in [0.3, 0.4) is 0 Å². The Kier molecular flexibility index (Phi) is 3.38. The Hall–Kier alpha value is -0.750. The smallest absolute Gasteiger partial charge is 0.390 e. The van der Waals surface area contributed by atoms with Gasteiger partial charge in [0.15, 0.2) is 5.69 Å². The summed E-state index contributed by atoms with van der Waals surface area (Å²) in [6.45, 7) is -0.0421. The Morgan fingerprint density at radius 1 is 1.57 bits per heavy atom. The molecule has 7 heteroatoms. The van der Waals surface area contributed by atoms with Crippen molar-refractivity contribution in [3.05, 3.63) is 18.0 Å². The van der Waals surface area contributed by atoms with E-state index in [9.17, 15) is 13.2 Å². The standard InChI is InChI=1S/C7H8ClF3N2O/c8-3-5(14)4-13-2-1-6(12-13)7(9,10)11/h1-2,5,14H,3-4H2. The summed E-state index contributed by atoms with van der Waals surface area (Å²) >= 11 is 5.29. The molecule has 1 rings (SSSR count). The van der Waals surface area contributed by atoms with Crippen molar-refractivity contribution < 1.29 is 18.3 Å². The summed E-state index contributed by atoms with van der Waals surface area (Å²) in [7, 11) is 0. The zero-order valence-electron chi connectivity index (χ0n) is 7.00. The predicted octanol–water partition coefficient (Wildman–Crippen LogP) is 1.50. The lowest BCUT2D eigenvalue weighted by Crippen LogP contribution is -2.18. The number of nitrogens with zero attached hydrogens (tertiary/aromatic N) is 2. The summed E-state index contributed by atoms with van der Waals surface area (Å²) in [4.78, 5) is 0. The quantitative estimate of drug-likeness (QED) is 0.797. The number of alkyl halides is 4. The van der Waals surface area contributed by atoms with Gasteiger partial charge in [-0.25, -0.2) is 0 Å². The topological polar surface area (TPSA) is 38.0 Å². The van der Waals surface area contributed by atoms with E-state index in [1.165, 1.54) is 0 Å². The number of aromatic nitrogens is 2. The van der Waals surface area contributed by atoms with Crippen molar-refractivity contribution >= 4 is 11.6 Å². The van der Waals surface area contributed by atoms with E-state index < -0.39 is 18.0 Å². The monoisotopic (exact) mass is 228 g/mol. The molecule has 0 saturated heterocycles. The van der Waals surface area contributed by atoms with Crippen LogP contribution in [0.2, 0.25) is 0 Å². The molecule has 3 nitrogen and oxygen atoms in total. The van der Waals surface area contributed by atoms with Gasteiger partial charge in [-0.05, 0) is 6.07 Å². The molecule has 1 unspecified atom stereocenters. The van der Waals surface area contributed by atoms with Gasteiger partial charge in [0.05, 0.1) is 18.5 Å². The second-order valence-electron chi connectivity index (χ2n) is 2.73. The molecule has 0 amide bonds. The highest BCUT2D eigenvalue weighted by atomic mass is 35.5. The summed E-state index contributed by atoms with van der Waals surface area (Å²) in [6, 6.07) is 0.848. The first kappa shape index (κ1) is 11.3. The van der Waals surface area contributed by atoms with Crippen LogP contribution in [0, 0.1) is 0 Å². The average molecular weight is 229 g/mol. The molecular formula is C7H8ClF3N2O. The minimum absolute atomic E-state index is 0.0405. The summed E-state index contributed by atoms with van der Waals surface area (Å²) < 4.78 is 37.2. The molecule has 0 saturated carbocycles. The SMILES string of the molecule is OC(CCl)Cn1ccc(C(F)(F)F)n1. The highest BCUT2D eigenvalue weighted by molar-refractivity contribution is 6.18. The number of aliphatic hydroxyl groups excluding tert-OH is 1. The van der Waals surface area contributed by atoms with E-state index in [1.807, 2.05) is 0 Å². The van der Waals surface area contributed by atoms with E-state index in [-0.39, 0.29) is 12.4 Å². The number of aliphatic hydroxyl groups is 1. The van der Waals surface area contributed by atoms with Gasteiger partial charge in [-0.3, -0.25) is 4.68 Å². The Morgan fingerprint density at radius 2 is 2.21 bits per heavy atom. The van der Waals surface area contributed by atoms with E-state index >= 15 is 0 Å². The van der Waals surface area contributed by atoms with Gasteiger partial charge in [-0.2, -0.15) is 18.3 Å². The van der Waals surface area contributed by atoms with E-state index in [2.05, 4.69) is 5.10 Å². The fourth-order valence-corrected chi connectivity index (χ4v) is 0.977. The number of rotatable bonds is 3. The first-order valence-corrected chi connectivity index (χ1v) is 4.31. The van der Waals surface area contributed by atoms with E-state index in [4.69, 9.17) is 16.7 Å². The summed E-state index contributed by atoms with van der Waals surface area (Å²) in [6.07, 6.45) is -4.19. The van der Waals surface area contributed by atoms with E-state index in [0.717, 1.165) is 16.9 Å². The third-order valence-corrected chi connectivity index (χ3v) is 1.86. The van der Waals surface area contributed by atoms with Crippen molar-refractivity contribution in [2.75, 3.05) is 5.88 Å². The third kappa shape index (κ3) is 2.88. The fraction of sp³-hybridized carbons (Fsp3) is 0.571. The maximum absolute atomic E-state index is 12.1. The maximum atomic E-state index is 12.1. The number of halogens is 4. The molecule has 0 aliphatic carbocycles. The molecule has 0 bridgehead atoms. The van der Waals surface area contributed by atoms with Crippen molar-refractivity contribution in [1.82, 2.24) is 9.78 Å². The van der Waals surface area contributed by atoms with Crippen molar-refractivity contribution in [3.8, 4) is 0 Å². The van der Waals surface area contributed by atoms with Gasteiger partial charge in [-0.1, -0.05) is 0 Å². The average Bonchev–Trinajstić information content (AvgIpc) is 2.51. The highest BCUT2D eigenvalue weighted by Gasteiger charge is 2.33. The van der Waals surface area contributed by atoms with Crippen LogP contribution >= 0.6 is 11.6 Å². The minimum Gasteiger partial charge on any atom is -0.390 e. The first-order valence-electron chi connectivity index (χ1n) is 3.78. The van der Waals surface area contributed by atoms with Crippen LogP contribution in [0.4, 0.5) is 13.2 Å². The number of hydrogen-bond acceptors (Lipinski definition) is 2. The maximum Gasteiger partial charge on any atom is 0.435 e. The molecule has 1 aromatic heterocycles. The predicted molar refractivity (Wildman–Crippen MR) is 44.0 cm³/mol. The van der Waals surface area contributed by atoms with Gasteiger partial charge < -0.3 is 5.11 Å². The summed E-state index contributed by atoms with van der Waals surface area (Å²) in [5.74, 6) is -0.0405. The molecule has 1 aromatic rings.